The van der Waals surface area contributed by atoms with Gasteiger partial charge in [-0.1, -0.05) is 0 Å². The molecule has 1 aromatic rings. The van der Waals surface area contributed by atoms with Gasteiger partial charge in [-0.2, -0.15) is 0 Å². The van der Waals surface area contributed by atoms with Gasteiger partial charge < -0.3 is 4.43 Å². The minimum atomic E-state index is -1.65. The Kier molecular flexibility index (Phi) is 3.02. The fraction of sp³-hybridized carbons (Fsp3) is 0.812. The first-order chi connectivity index (χ1) is 9.97. The first-order valence-electron chi connectivity index (χ1n) is 8.31. The van der Waals surface area contributed by atoms with Crippen molar-refractivity contribution in [1.29, 1.82) is 0 Å². The Labute approximate surface area is 127 Å². The zero-order chi connectivity index (χ0) is 14.7. The molecule has 0 N–H and O–H groups in total. The maximum Gasteiger partial charge on any atom is 0.185 e. The molecular weight excluding hydrogens is 278 g/mol. The standard InChI is InChI=1S/C16H25N3OSi/c1-21(2,3)20-16(15-9-17-19-18-10-15)13-5-11-4-12(7-13)8-14(16)6-11/h9-14H,4-8H2,1-3H3. The second kappa shape index (κ2) is 4.59. The van der Waals surface area contributed by atoms with E-state index in [0.717, 1.165) is 11.8 Å². The summed E-state index contributed by atoms with van der Waals surface area (Å²) in [6, 6.07) is 0. The monoisotopic (exact) mass is 303 g/mol. The molecular formula is C16H25N3OSi. The van der Waals surface area contributed by atoms with Crippen LogP contribution >= 0.6 is 0 Å². The SMILES string of the molecule is C[Si](C)(C)OC1(c2cnnnc2)C2CC3CC(C2)CC1C3. The Bertz CT molecular complexity index is 500. The molecule has 21 heavy (non-hydrogen) atoms. The summed E-state index contributed by atoms with van der Waals surface area (Å²) in [5.41, 5.74) is 1.06. The summed E-state index contributed by atoms with van der Waals surface area (Å²) in [6.45, 7) is 6.92. The van der Waals surface area contributed by atoms with Crippen LogP contribution in [0.5, 0.6) is 0 Å². The molecule has 1 aromatic heterocycles. The van der Waals surface area contributed by atoms with E-state index in [-0.39, 0.29) is 5.60 Å². The van der Waals surface area contributed by atoms with Crippen LogP contribution < -0.4 is 0 Å². The molecule has 0 radical (unpaired) electrons. The van der Waals surface area contributed by atoms with Crippen molar-refractivity contribution >= 4 is 8.32 Å². The average molecular weight is 303 g/mol. The van der Waals surface area contributed by atoms with Gasteiger partial charge in [0.15, 0.2) is 8.32 Å². The summed E-state index contributed by atoms with van der Waals surface area (Å²) in [4.78, 5) is 0. The van der Waals surface area contributed by atoms with Gasteiger partial charge in [0.25, 0.3) is 0 Å². The number of hydrogen-bond acceptors (Lipinski definition) is 4. The van der Waals surface area contributed by atoms with E-state index in [2.05, 4.69) is 35.1 Å². The molecule has 1 heterocycles. The molecule has 0 spiro atoms. The second-order valence-corrected chi connectivity index (χ2v) is 12.8. The van der Waals surface area contributed by atoms with E-state index in [4.69, 9.17) is 4.43 Å². The molecule has 5 rings (SSSR count). The van der Waals surface area contributed by atoms with E-state index >= 15 is 0 Å². The molecule has 0 amide bonds. The van der Waals surface area contributed by atoms with Crippen molar-refractivity contribution in [3.8, 4) is 0 Å². The highest BCUT2D eigenvalue weighted by molar-refractivity contribution is 6.69. The Morgan fingerprint density at radius 3 is 1.95 bits per heavy atom. The molecule has 0 aliphatic heterocycles. The van der Waals surface area contributed by atoms with Crippen LogP contribution in [0.25, 0.3) is 0 Å². The molecule has 0 saturated heterocycles. The van der Waals surface area contributed by atoms with Crippen molar-refractivity contribution in [3.63, 3.8) is 0 Å². The lowest BCUT2D eigenvalue weighted by Gasteiger charge is -2.62. The summed E-state index contributed by atoms with van der Waals surface area (Å²) in [5, 5.41) is 11.9. The summed E-state index contributed by atoms with van der Waals surface area (Å²) < 4.78 is 6.92. The van der Waals surface area contributed by atoms with E-state index in [0.29, 0.717) is 11.8 Å². The quantitative estimate of drug-likeness (QED) is 0.803. The van der Waals surface area contributed by atoms with Crippen molar-refractivity contribution in [2.45, 2.75) is 57.3 Å². The van der Waals surface area contributed by atoms with Crippen LogP contribution in [0.3, 0.4) is 0 Å². The van der Waals surface area contributed by atoms with Gasteiger partial charge >= 0.3 is 0 Å². The molecule has 5 heteroatoms. The molecule has 4 bridgehead atoms. The summed E-state index contributed by atoms with van der Waals surface area (Å²) >= 11 is 0. The van der Waals surface area contributed by atoms with E-state index in [9.17, 15) is 0 Å². The van der Waals surface area contributed by atoms with Gasteiger partial charge in [0.05, 0.1) is 18.0 Å². The molecule has 0 aromatic carbocycles. The van der Waals surface area contributed by atoms with Crippen molar-refractivity contribution in [1.82, 2.24) is 15.4 Å². The molecule has 4 saturated carbocycles. The molecule has 4 aliphatic rings. The number of rotatable bonds is 3. The van der Waals surface area contributed by atoms with Gasteiger partial charge in [-0.25, -0.2) is 0 Å². The molecule has 4 nitrogen and oxygen atoms in total. The fourth-order valence-electron chi connectivity index (χ4n) is 5.53. The predicted molar refractivity (Wildman–Crippen MR) is 83.0 cm³/mol. The number of aromatic nitrogens is 3. The summed E-state index contributed by atoms with van der Waals surface area (Å²) in [7, 11) is -1.65. The molecule has 4 aliphatic carbocycles. The van der Waals surface area contributed by atoms with E-state index < -0.39 is 8.32 Å². The van der Waals surface area contributed by atoms with Crippen LogP contribution in [0.1, 0.15) is 37.7 Å². The zero-order valence-electron chi connectivity index (χ0n) is 13.2. The third-order valence-corrected chi connectivity index (χ3v) is 6.72. The number of nitrogens with zero attached hydrogens (tertiary/aromatic N) is 3. The van der Waals surface area contributed by atoms with Gasteiger partial charge in [0.2, 0.25) is 0 Å². The van der Waals surface area contributed by atoms with Crippen LogP contribution in [-0.4, -0.2) is 23.7 Å². The van der Waals surface area contributed by atoms with Crippen molar-refractivity contribution in [2.24, 2.45) is 23.7 Å². The van der Waals surface area contributed by atoms with E-state index in [1.165, 1.54) is 37.7 Å². The van der Waals surface area contributed by atoms with Crippen LogP contribution in [0, 0.1) is 23.7 Å². The molecule has 4 fully saturated rings. The van der Waals surface area contributed by atoms with Gasteiger partial charge in [0, 0.05) is 5.56 Å². The number of hydrogen-bond donors (Lipinski definition) is 0. The van der Waals surface area contributed by atoms with E-state index in [1.807, 2.05) is 12.4 Å². The average Bonchev–Trinajstić information content (AvgIpc) is 2.42. The zero-order valence-corrected chi connectivity index (χ0v) is 14.2. The van der Waals surface area contributed by atoms with Crippen LogP contribution in [0.2, 0.25) is 19.6 Å². The second-order valence-electron chi connectivity index (χ2n) is 8.35. The van der Waals surface area contributed by atoms with Crippen molar-refractivity contribution in [2.75, 3.05) is 0 Å². The largest absolute Gasteiger partial charge is 0.407 e. The van der Waals surface area contributed by atoms with Crippen molar-refractivity contribution in [3.05, 3.63) is 18.0 Å². The minimum Gasteiger partial charge on any atom is -0.407 e. The Morgan fingerprint density at radius 2 is 1.48 bits per heavy atom. The minimum absolute atomic E-state index is 0.124. The lowest BCUT2D eigenvalue weighted by atomic mass is 9.49. The van der Waals surface area contributed by atoms with Crippen molar-refractivity contribution < 1.29 is 4.43 Å². The summed E-state index contributed by atoms with van der Waals surface area (Å²) in [6.07, 6.45) is 10.6. The molecule has 114 valence electrons. The Balaban J connectivity index is 1.81. The topological polar surface area (TPSA) is 47.9 Å². The highest BCUT2D eigenvalue weighted by Crippen LogP contribution is 2.63. The maximum atomic E-state index is 6.92. The molecule has 0 atom stereocenters. The predicted octanol–water partition coefficient (Wildman–Crippen LogP) is 3.37. The molecule has 0 unspecified atom stereocenters. The lowest BCUT2D eigenvalue weighted by Crippen LogP contribution is -2.59. The summed E-state index contributed by atoms with van der Waals surface area (Å²) in [5.74, 6) is 3.19. The van der Waals surface area contributed by atoms with Crippen LogP contribution in [0.4, 0.5) is 0 Å². The maximum absolute atomic E-state index is 6.92. The highest BCUT2D eigenvalue weighted by Gasteiger charge is 2.60. The van der Waals surface area contributed by atoms with Gasteiger partial charge in [-0.3, -0.25) is 0 Å². The normalized spacial score (nSPS) is 41.5. The Hall–Kier alpha value is -0.813. The van der Waals surface area contributed by atoms with Gasteiger partial charge in [-0.15, -0.1) is 10.2 Å². The van der Waals surface area contributed by atoms with Crippen LogP contribution in [0.15, 0.2) is 12.4 Å². The smallest absolute Gasteiger partial charge is 0.185 e. The van der Waals surface area contributed by atoms with Gasteiger partial charge in [-0.05, 0) is 80.6 Å². The fourth-order valence-corrected chi connectivity index (χ4v) is 6.99. The van der Waals surface area contributed by atoms with Crippen LogP contribution in [-0.2, 0) is 10.0 Å². The lowest BCUT2D eigenvalue weighted by molar-refractivity contribution is -0.168. The third-order valence-electron chi connectivity index (χ3n) is 5.77. The highest BCUT2D eigenvalue weighted by atomic mass is 28.4. The first-order valence-corrected chi connectivity index (χ1v) is 11.7. The Morgan fingerprint density at radius 1 is 0.952 bits per heavy atom. The first kappa shape index (κ1) is 13.8. The van der Waals surface area contributed by atoms with Gasteiger partial charge in [0.1, 0.15) is 0 Å². The third kappa shape index (κ3) is 2.16. The van der Waals surface area contributed by atoms with E-state index in [1.54, 1.807) is 0 Å².